The Kier molecular flexibility index (Phi) is 4.72. The predicted molar refractivity (Wildman–Crippen MR) is 131 cm³/mol. The fourth-order valence-corrected chi connectivity index (χ4v) is 5.46. The van der Waals surface area contributed by atoms with Crippen LogP contribution in [0.15, 0.2) is 54.6 Å². The number of aromatic nitrogens is 1. The standard InChI is InChI=1S/C28H26FN3O/c29-26-21(18-5-7-20(8-6-18)32-12-2-1-3-13-32)10-11-23-24-16-19-14-17(15-25(30)33)4-9-22(19)27(24)31-28(23)26/h4-11,14,31H,1-3,12-13,15-16H2,(H2,30,33). The van der Waals surface area contributed by atoms with Crippen molar-refractivity contribution in [2.45, 2.75) is 32.1 Å². The number of nitrogens with two attached hydrogens (primary N) is 1. The normalized spacial score (nSPS) is 15.0. The van der Waals surface area contributed by atoms with Gasteiger partial charge in [-0.05, 0) is 53.6 Å². The van der Waals surface area contributed by atoms with Gasteiger partial charge in [-0.25, -0.2) is 4.39 Å². The number of anilines is 1. The zero-order valence-corrected chi connectivity index (χ0v) is 18.5. The molecule has 0 spiro atoms. The minimum absolute atomic E-state index is 0.209. The van der Waals surface area contributed by atoms with E-state index >= 15 is 4.39 Å². The molecule has 166 valence electrons. The van der Waals surface area contributed by atoms with Gasteiger partial charge in [0.25, 0.3) is 0 Å². The third kappa shape index (κ3) is 3.39. The summed E-state index contributed by atoms with van der Waals surface area (Å²) in [5.74, 6) is -0.546. The van der Waals surface area contributed by atoms with E-state index in [2.05, 4.69) is 22.0 Å². The quantitative estimate of drug-likeness (QED) is 0.385. The molecule has 4 nitrogen and oxygen atoms in total. The summed E-state index contributed by atoms with van der Waals surface area (Å²) in [5.41, 5.74) is 13.8. The van der Waals surface area contributed by atoms with E-state index in [0.29, 0.717) is 11.1 Å². The van der Waals surface area contributed by atoms with Crippen LogP contribution in [0.4, 0.5) is 10.1 Å². The van der Waals surface area contributed by atoms with Crippen LogP contribution < -0.4 is 10.6 Å². The van der Waals surface area contributed by atoms with Crippen molar-refractivity contribution in [2.24, 2.45) is 5.73 Å². The van der Waals surface area contributed by atoms with Crippen molar-refractivity contribution in [2.75, 3.05) is 18.0 Å². The minimum Gasteiger partial charge on any atom is -0.372 e. The van der Waals surface area contributed by atoms with E-state index in [1.54, 1.807) is 0 Å². The summed E-state index contributed by atoms with van der Waals surface area (Å²) in [6.45, 7) is 2.19. The molecule has 0 atom stereocenters. The van der Waals surface area contributed by atoms with Gasteiger partial charge in [-0.2, -0.15) is 0 Å². The molecule has 1 saturated heterocycles. The van der Waals surface area contributed by atoms with Crippen molar-refractivity contribution in [3.05, 3.63) is 77.1 Å². The maximum Gasteiger partial charge on any atom is 0.221 e. The summed E-state index contributed by atoms with van der Waals surface area (Å²) in [4.78, 5) is 17.0. The van der Waals surface area contributed by atoms with Crippen LogP contribution in [-0.2, 0) is 17.6 Å². The highest BCUT2D eigenvalue weighted by Gasteiger charge is 2.25. The van der Waals surface area contributed by atoms with E-state index < -0.39 is 0 Å². The van der Waals surface area contributed by atoms with E-state index in [4.69, 9.17) is 5.73 Å². The lowest BCUT2D eigenvalue weighted by Crippen LogP contribution is -2.29. The lowest BCUT2D eigenvalue weighted by molar-refractivity contribution is -0.117. The van der Waals surface area contributed by atoms with Gasteiger partial charge in [0, 0.05) is 41.7 Å². The van der Waals surface area contributed by atoms with E-state index in [9.17, 15) is 4.79 Å². The lowest BCUT2D eigenvalue weighted by Gasteiger charge is -2.28. The Bertz CT molecular complexity index is 1380. The number of hydrogen-bond donors (Lipinski definition) is 2. The number of benzene rings is 3. The number of fused-ring (bicyclic) bond motifs is 5. The lowest BCUT2D eigenvalue weighted by atomic mass is 10.0. The highest BCUT2D eigenvalue weighted by Crippen LogP contribution is 2.42. The topological polar surface area (TPSA) is 62.1 Å². The van der Waals surface area contributed by atoms with E-state index in [0.717, 1.165) is 58.4 Å². The second-order valence-corrected chi connectivity index (χ2v) is 9.23. The summed E-state index contributed by atoms with van der Waals surface area (Å²) in [6.07, 6.45) is 4.73. The third-order valence-electron chi connectivity index (χ3n) is 7.10. The van der Waals surface area contributed by atoms with Crippen LogP contribution in [0.5, 0.6) is 0 Å². The number of nitrogens with zero attached hydrogens (tertiary/aromatic N) is 1. The van der Waals surface area contributed by atoms with E-state index in [-0.39, 0.29) is 18.1 Å². The Balaban J connectivity index is 1.34. The molecule has 0 unspecified atom stereocenters. The van der Waals surface area contributed by atoms with Gasteiger partial charge in [0.1, 0.15) is 0 Å². The Morgan fingerprint density at radius 3 is 2.48 bits per heavy atom. The van der Waals surface area contributed by atoms with Crippen LogP contribution in [0.3, 0.4) is 0 Å². The molecule has 5 heteroatoms. The Morgan fingerprint density at radius 2 is 1.73 bits per heavy atom. The van der Waals surface area contributed by atoms with Crippen molar-refractivity contribution in [1.82, 2.24) is 4.98 Å². The molecule has 1 aliphatic heterocycles. The first-order valence-corrected chi connectivity index (χ1v) is 11.7. The highest BCUT2D eigenvalue weighted by molar-refractivity contribution is 5.97. The molecule has 1 amide bonds. The molecule has 0 saturated carbocycles. The zero-order chi connectivity index (χ0) is 22.5. The largest absolute Gasteiger partial charge is 0.372 e. The number of H-pyrrole nitrogens is 1. The molecule has 0 radical (unpaired) electrons. The fraction of sp³-hybridized carbons (Fsp3) is 0.250. The fourth-order valence-electron chi connectivity index (χ4n) is 5.46. The van der Waals surface area contributed by atoms with Gasteiger partial charge in [-0.15, -0.1) is 0 Å². The molecule has 0 bridgehead atoms. The molecular weight excluding hydrogens is 413 g/mol. The molecule has 2 aliphatic rings. The molecule has 6 rings (SSSR count). The van der Waals surface area contributed by atoms with E-state index in [1.165, 1.54) is 24.9 Å². The number of aromatic amines is 1. The zero-order valence-electron chi connectivity index (χ0n) is 18.5. The molecule has 3 N–H and O–H groups in total. The van der Waals surface area contributed by atoms with Gasteiger partial charge in [0.05, 0.1) is 17.6 Å². The van der Waals surface area contributed by atoms with Crippen LogP contribution in [0.2, 0.25) is 0 Å². The number of carbonyl (C=O) groups excluding carboxylic acids is 1. The number of piperidine rings is 1. The second kappa shape index (κ2) is 7.77. The monoisotopic (exact) mass is 439 g/mol. The van der Waals surface area contributed by atoms with Gasteiger partial charge in [0.15, 0.2) is 5.82 Å². The number of hydrogen-bond acceptors (Lipinski definition) is 2. The minimum atomic E-state index is -0.338. The average Bonchev–Trinajstić information content (AvgIpc) is 3.36. The Hall–Kier alpha value is -3.60. The van der Waals surface area contributed by atoms with Gasteiger partial charge < -0.3 is 15.6 Å². The predicted octanol–water partition coefficient (Wildman–Crippen LogP) is 5.56. The number of carbonyl (C=O) groups is 1. The van der Waals surface area contributed by atoms with Crippen LogP contribution in [0.1, 0.15) is 36.0 Å². The summed E-state index contributed by atoms with van der Waals surface area (Å²) >= 11 is 0. The van der Waals surface area contributed by atoms with Gasteiger partial charge in [-0.1, -0.05) is 42.5 Å². The maximum absolute atomic E-state index is 15.7. The maximum atomic E-state index is 15.7. The molecule has 33 heavy (non-hydrogen) atoms. The molecule has 3 aromatic carbocycles. The van der Waals surface area contributed by atoms with Crippen molar-refractivity contribution in [1.29, 1.82) is 0 Å². The van der Waals surface area contributed by atoms with Crippen LogP contribution in [0, 0.1) is 5.82 Å². The first kappa shape index (κ1) is 20.0. The molecule has 2 heterocycles. The van der Waals surface area contributed by atoms with Crippen LogP contribution in [0.25, 0.3) is 33.3 Å². The summed E-state index contributed by atoms with van der Waals surface area (Å²) in [7, 11) is 0. The first-order chi connectivity index (χ1) is 16.1. The summed E-state index contributed by atoms with van der Waals surface area (Å²) in [6, 6.07) is 18.2. The second-order valence-electron chi connectivity index (χ2n) is 9.23. The molecule has 1 aromatic heterocycles. The molecule has 4 aromatic rings. The smallest absolute Gasteiger partial charge is 0.221 e. The highest BCUT2D eigenvalue weighted by atomic mass is 19.1. The third-order valence-corrected chi connectivity index (χ3v) is 7.10. The number of primary amides is 1. The Labute approximate surface area is 192 Å². The van der Waals surface area contributed by atoms with Crippen LogP contribution >= 0.6 is 0 Å². The molecular formula is C28H26FN3O. The molecule has 1 fully saturated rings. The average molecular weight is 440 g/mol. The van der Waals surface area contributed by atoms with Crippen molar-refractivity contribution >= 4 is 22.5 Å². The van der Waals surface area contributed by atoms with Gasteiger partial charge in [0.2, 0.25) is 5.91 Å². The first-order valence-electron chi connectivity index (χ1n) is 11.7. The van der Waals surface area contributed by atoms with Crippen molar-refractivity contribution < 1.29 is 9.18 Å². The summed E-state index contributed by atoms with van der Waals surface area (Å²) < 4.78 is 15.7. The molecule has 1 aliphatic carbocycles. The van der Waals surface area contributed by atoms with Gasteiger partial charge >= 0.3 is 0 Å². The SMILES string of the molecule is NC(=O)Cc1ccc2c(c1)Cc1c-2[nH]c2c(F)c(-c3ccc(N4CCCCC4)cc3)ccc12. The Morgan fingerprint density at radius 1 is 0.970 bits per heavy atom. The van der Waals surface area contributed by atoms with Crippen molar-refractivity contribution in [3.63, 3.8) is 0 Å². The van der Waals surface area contributed by atoms with Gasteiger partial charge in [-0.3, -0.25) is 4.79 Å². The number of amides is 1. The number of halogens is 1. The number of rotatable bonds is 4. The van der Waals surface area contributed by atoms with E-state index in [1.807, 2.05) is 42.5 Å². The summed E-state index contributed by atoms with van der Waals surface area (Å²) in [5, 5.41) is 0.920. The number of nitrogens with one attached hydrogen (secondary N) is 1. The van der Waals surface area contributed by atoms with Crippen molar-refractivity contribution in [3.8, 4) is 22.4 Å². The van der Waals surface area contributed by atoms with Crippen LogP contribution in [-0.4, -0.2) is 24.0 Å².